The standard InChI is InChI=1S/C20H23NO6S/c1-5-8-15(22)21-19-16(20(24)27-6-2)17(23)14(28-19)11-12-9-7-10-13(25-3)18(12)26-4/h7,9-11,23H,5-6,8H2,1-4H3/b14-11-,21-19?. The number of aliphatic hydroxyl groups excluding tert-OH is 1. The molecule has 0 aromatic heterocycles. The molecule has 1 heterocycles. The van der Waals surface area contributed by atoms with Gasteiger partial charge >= 0.3 is 5.97 Å². The normalized spacial score (nSPS) is 16.6. The van der Waals surface area contributed by atoms with Crippen LogP contribution in [0.2, 0.25) is 0 Å². The average molecular weight is 405 g/mol. The third-order valence-electron chi connectivity index (χ3n) is 3.78. The summed E-state index contributed by atoms with van der Waals surface area (Å²) in [6.07, 6.45) is 2.53. The highest BCUT2D eigenvalue weighted by Crippen LogP contribution is 2.41. The van der Waals surface area contributed by atoms with E-state index in [9.17, 15) is 14.7 Å². The van der Waals surface area contributed by atoms with Gasteiger partial charge in [0, 0.05) is 12.0 Å². The average Bonchev–Trinajstić information content (AvgIpc) is 2.96. The maximum Gasteiger partial charge on any atom is 0.344 e. The van der Waals surface area contributed by atoms with Gasteiger partial charge in [-0.15, -0.1) is 0 Å². The number of thioether (sulfide) groups is 1. The second-order valence-electron chi connectivity index (χ2n) is 5.70. The van der Waals surface area contributed by atoms with Crippen LogP contribution in [-0.4, -0.2) is 42.9 Å². The summed E-state index contributed by atoms with van der Waals surface area (Å²) < 4.78 is 15.7. The zero-order chi connectivity index (χ0) is 20.7. The molecule has 0 aliphatic carbocycles. The van der Waals surface area contributed by atoms with E-state index in [1.807, 2.05) is 6.92 Å². The number of rotatable bonds is 7. The third-order valence-corrected chi connectivity index (χ3v) is 4.80. The van der Waals surface area contributed by atoms with Crippen LogP contribution in [0.15, 0.2) is 39.4 Å². The van der Waals surface area contributed by atoms with Gasteiger partial charge in [-0.2, -0.15) is 0 Å². The van der Waals surface area contributed by atoms with Gasteiger partial charge in [-0.05, 0) is 25.5 Å². The number of carbonyl (C=O) groups excluding carboxylic acids is 2. The van der Waals surface area contributed by atoms with Crippen molar-refractivity contribution >= 4 is 34.8 Å². The van der Waals surface area contributed by atoms with Gasteiger partial charge in [-0.3, -0.25) is 4.79 Å². The number of amides is 1. The first kappa shape index (κ1) is 21.6. The van der Waals surface area contributed by atoms with Crippen molar-refractivity contribution in [2.24, 2.45) is 4.99 Å². The molecule has 0 fully saturated rings. The molecule has 28 heavy (non-hydrogen) atoms. The molecule has 1 aromatic carbocycles. The van der Waals surface area contributed by atoms with Gasteiger partial charge < -0.3 is 19.3 Å². The molecule has 150 valence electrons. The van der Waals surface area contributed by atoms with Crippen molar-refractivity contribution in [3.63, 3.8) is 0 Å². The number of hydrogen-bond donors (Lipinski definition) is 1. The summed E-state index contributed by atoms with van der Waals surface area (Å²) in [6.45, 7) is 3.66. The second kappa shape index (κ2) is 9.98. The fourth-order valence-electron chi connectivity index (χ4n) is 2.54. The van der Waals surface area contributed by atoms with Crippen LogP contribution in [0.25, 0.3) is 6.08 Å². The first-order valence-corrected chi connectivity index (χ1v) is 9.61. The molecule has 0 bridgehead atoms. The van der Waals surface area contributed by atoms with Crippen molar-refractivity contribution in [3.8, 4) is 11.5 Å². The number of aliphatic imine (C=N–C) groups is 1. The first-order valence-electron chi connectivity index (χ1n) is 8.79. The quantitative estimate of drug-likeness (QED) is 0.688. The molecular formula is C20H23NO6S. The molecule has 0 radical (unpaired) electrons. The number of esters is 1. The van der Waals surface area contributed by atoms with Crippen molar-refractivity contribution in [2.45, 2.75) is 26.7 Å². The Kier molecular flexibility index (Phi) is 7.69. The van der Waals surface area contributed by atoms with Crippen LogP contribution in [-0.2, 0) is 14.3 Å². The van der Waals surface area contributed by atoms with Gasteiger partial charge in [0.2, 0.25) is 5.91 Å². The molecule has 0 spiro atoms. The number of hydrogen-bond acceptors (Lipinski definition) is 7. The Hall–Kier alpha value is -2.74. The molecule has 0 atom stereocenters. The van der Waals surface area contributed by atoms with Gasteiger partial charge in [0.1, 0.15) is 16.4 Å². The van der Waals surface area contributed by atoms with E-state index in [1.165, 1.54) is 14.2 Å². The zero-order valence-electron chi connectivity index (χ0n) is 16.3. The molecule has 0 saturated carbocycles. The Morgan fingerprint density at radius 1 is 1.21 bits per heavy atom. The van der Waals surface area contributed by atoms with Crippen LogP contribution in [0.5, 0.6) is 11.5 Å². The lowest BCUT2D eigenvalue weighted by Crippen LogP contribution is -2.14. The summed E-state index contributed by atoms with van der Waals surface area (Å²) in [5.74, 6) is -0.357. The highest BCUT2D eigenvalue weighted by Gasteiger charge is 2.34. The number of para-hydroxylation sites is 1. The van der Waals surface area contributed by atoms with E-state index in [0.29, 0.717) is 28.4 Å². The van der Waals surface area contributed by atoms with Crippen LogP contribution >= 0.6 is 11.8 Å². The maximum atomic E-state index is 12.3. The summed E-state index contributed by atoms with van der Waals surface area (Å²) in [5, 5.41) is 10.8. The summed E-state index contributed by atoms with van der Waals surface area (Å²) in [6, 6.07) is 5.31. The molecule has 1 N–H and O–H groups in total. The molecule has 0 saturated heterocycles. The SMILES string of the molecule is CCCC(=O)N=C1S/C(=C\c2cccc(OC)c2OC)C(O)=C1C(=O)OCC. The second-order valence-corrected chi connectivity index (χ2v) is 6.73. The molecule has 1 amide bonds. The number of carbonyl (C=O) groups is 2. The Morgan fingerprint density at radius 2 is 1.96 bits per heavy atom. The molecular weight excluding hydrogens is 382 g/mol. The monoisotopic (exact) mass is 405 g/mol. The van der Waals surface area contributed by atoms with E-state index < -0.39 is 5.97 Å². The van der Waals surface area contributed by atoms with Crippen LogP contribution in [0.4, 0.5) is 0 Å². The summed E-state index contributed by atoms with van der Waals surface area (Å²) >= 11 is 1.03. The number of ether oxygens (including phenoxy) is 3. The molecule has 0 unspecified atom stereocenters. The van der Waals surface area contributed by atoms with E-state index in [0.717, 1.165) is 11.8 Å². The smallest absolute Gasteiger partial charge is 0.344 e. The summed E-state index contributed by atoms with van der Waals surface area (Å²) in [7, 11) is 3.04. The minimum Gasteiger partial charge on any atom is -0.506 e. The van der Waals surface area contributed by atoms with Crippen LogP contribution in [0, 0.1) is 0 Å². The maximum absolute atomic E-state index is 12.3. The molecule has 1 aromatic rings. The highest BCUT2D eigenvalue weighted by molar-refractivity contribution is 8.18. The van der Waals surface area contributed by atoms with E-state index in [2.05, 4.69) is 4.99 Å². The number of aliphatic hydroxyl groups is 1. The number of methoxy groups -OCH3 is 2. The Labute approximate surface area is 168 Å². The van der Waals surface area contributed by atoms with Crippen molar-refractivity contribution in [1.82, 2.24) is 0 Å². The molecule has 1 aliphatic rings. The van der Waals surface area contributed by atoms with Crippen molar-refractivity contribution in [1.29, 1.82) is 0 Å². The van der Waals surface area contributed by atoms with E-state index in [1.54, 1.807) is 31.2 Å². The van der Waals surface area contributed by atoms with Crippen molar-refractivity contribution < 1.29 is 28.9 Å². The summed E-state index contributed by atoms with van der Waals surface area (Å²) in [4.78, 5) is 28.6. The van der Waals surface area contributed by atoms with Gasteiger partial charge in [-0.25, -0.2) is 9.79 Å². The van der Waals surface area contributed by atoms with E-state index in [-0.39, 0.29) is 35.3 Å². The van der Waals surface area contributed by atoms with Gasteiger partial charge in [0.05, 0.1) is 25.7 Å². The van der Waals surface area contributed by atoms with Gasteiger partial charge in [0.15, 0.2) is 11.5 Å². The fraction of sp³-hybridized carbons (Fsp3) is 0.350. The number of benzene rings is 1. The molecule has 7 nitrogen and oxygen atoms in total. The Morgan fingerprint density at radius 3 is 2.57 bits per heavy atom. The largest absolute Gasteiger partial charge is 0.506 e. The van der Waals surface area contributed by atoms with Crippen LogP contribution in [0.1, 0.15) is 32.3 Å². The minimum atomic E-state index is -0.725. The Balaban J connectivity index is 2.53. The first-order chi connectivity index (χ1) is 13.5. The lowest BCUT2D eigenvalue weighted by molar-refractivity contribution is -0.138. The molecule has 1 aliphatic heterocycles. The lowest BCUT2D eigenvalue weighted by atomic mass is 10.1. The third kappa shape index (κ3) is 4.75. The van der Waals surface area contributed by atoms with E-state index in [4.69, 9.17) is 14.2 Å². The Bertz CT molecular complexity index is 856. The topological polar surface area (TPSA) is 94.4 Å². The highest BCUT2D eigenvalue weighted by atomic mass is 32.2. The fourth-order valence-corrected chi connectivity index (χ4v) is 3.56. The zero-order valence-corrected chi connectivity index (χ0v) is 17.1. The molecule has 2 rings (SSSR count). The lowest BCUT2D eigenvalue weighted by Gasteiger charge is -2.10. The summed E-state index contributed by atoms with van der Waals surface area (Å²) in [5.41, 5.74) is 0.532. The van der Waals surface area contributed by atoms with Crippen molar-refractivity contribution in [2.75, 3.05) is 20.8 Å². The van der Waals surface area contributed by atoms with Gasteiger partial charge in [0.25, 0.3) is 0 Å². The van der Waals surface area contributed by atoms with Gasteiger partial charge in [-0.1, -0.05) is 30.8 Å². The van der Waals surface area contributed by atoms with E-state index >= 15 is 0 Å². The number of nitrogens with zero attached hydrogens (tertiary/aromatic N) is 1. The minimum absolute atomic E-state index is 0.107. The predicted molar refractivity (Wildman–Crippen MR) is 109 cm³/mol. The van der Waals surface area contributed by atoms with Crippen molar-refractivity contribution in [3.05, 3.63) is 40.0 Å². The van der Waals surface area contributed by atoms with Crippen LogP contribution in [0.3, 0.4) is 0 Å². The van der Waals surface area contributed by atoms with Crippen LogP contribution < -0.4 is 9.47 Å². The molecule has 8 heteroatoms. The predicted octanol–water partition coefficient (Wildman–Crippen LogP) is 3.89.